The molecule has 9 heteroatoms. The molecular formula is C23H25N3O5S. The number of hydrogen-bond acceptors (Lipinski definition) is 7. The van der Waals surface area contributed by atoms with E-state index in [1.54, 1.807) is 17.0 Å². The Morgan fingerprint density at radius 3 is 2.47 bits per heavy atom. The average Bonchev–Trinajstić information content (AvgIpc) is 2.81. The Hall–Kier alpha value is -3.20. The Kier molecular flexibility index (Phi) is 6.27. The van der Waals surface area contributed by atoms with Crippen molar-refractivity contribution in [1.29, 1.82) is 0 Å². The molecule has 4 rings (SSSR count). The Morgan fingerprint density at radius 2 is 1.84 bits per heavy atom. The number of ether oxygens (including phenoxy) is 3. The first-order chi connectivity index (χ1) is 15.5. The fourth-order valence-electron chi connectivity index (χ4n) is 4.07. The van der Waals surface area contributed by atoms with Crippen LogP contribution in [0.15, 0.2) is 35.4 Å². The van der Waals surface area contributed by atoms with Crippen LogP contribution in [0.3, 0.4) is 0 Å². The van der Waals surface area contributed by atoms with Gasteiger partial charge in [0.2, 0.25) is 5.75 Å². The summed E-state index contributed by atoms with van der Waals surface area (Å²) in [6.07, 6.45) is 1.71. The first-order valence-corrected chi connectivity index (χ1v) is 11.1. The average molecular weight is 456 g/mol. The SMILES string of the molecule is COc1cc(C(=O)N2CCCc3cc(C4=NNC(=O)SC4C)ccc32)cc(OC)c1OC. The third-order valence-corrected chi connectivity index (χ3v) is 6.47. The van der Waals surface area contributed by atoms with Crippen LogP contribution in [-0.4, -0.2) is 50.0 Å². The van der Waals surface area contributed by atoms with Crippen LogP contribution < -0.4 is 24.5 Å². The third-order valence-electron chi connectivity index (χ3n) is 5.59. The largest absolute Gasteiger partial charge is 0.493 e. The quantitative estimate of drug-likeness (QED) is 0.737. The van der Waals surface area contributed by atoms with Gasteiger partial charge in [-0.1, -0.05) is 17.8 Å². The summed E-state index contributed by atoms with van der Waals surface area (Å²) < 4.78 is 16.2. The lowest BCUT2D eigenvalue weighted by Crippen LogP contribution is -2.36. The minimum absolute atomic E-state index is 0.0395. The predicted molar refractivity (Wildman–Crippen MR) is 125 cm³/mol. The first kappa shape index (κ1) is 22.0. The monoisotopic (exact) mass is 455 g/mol. The predicted octanol–water partition coefficient (Wildman–Crippen LogP) is 3.85. The van der Waals surface area contributed by atoms with Crippen LogP contribution in [0.4, 0.5) is 10.5 Å². The summed E-state index contributed by atoms with van der Waals surface area (Å²) in [5.74, 6) is 1.19. The molecule has 2 aliphatic heterocycles. The third kappa shape index (κ3) is 4.00. The number of benzene rings is 2. The number of fused-ring (bicyclic) bond motifs is 1. The summed E-state index contributed by atoms with van der Waals surface area (Å²) in [4.78, 5) is 26.8. The second-order valence-corrected chi connectivity index (χ2v) is 8.79. The van der Waals surface area contributed by atoms with Crippen LogP contribution in [-0.2, 0) is 6.42 Å². The van der Waals surface area contributed by atoms with Crippen LogP contribution in [0.25, 0.3) is 0 Å². The Balaban J connectivity index is 1.68. The van der Waals surface area contributed by atoms with E-state index in [9.17, 15) is 9.59 Å². The van der Waals surface area contributed by atoms with Crippen molar-refractivity contribution >= 4 is 34.3 Å². The lowest BCUT2D eigenvalue weighted by molar-refractivity contribution is 0.0984. The van der Waals surface area contributed by atoms with Crippen LogP contribution in [0, 0.1) is 0 Å². The van der Waals surface area contributed by atoms with Crippen molar-refractivity contribution in [3.63, 3.8) is 0 Å². The van der Waals surface area contributed by atoms with Gasteiger partial charge in [-0.25, -0.2) is 5.43 Å². The minimum Gasteiger partial charge on any atom is -0.493 e. The van der Waals surface area contributed by atoms with E-state index >= 15 is 0 Å². The van der Waals surface area contributed by atoms with E-state index in [0.29, 0.717) is 29.4 Å². The number of rotatable bonds is 5. The van der Waals surface area contributed by atoms with Crippen LogP contribution >= 0.6 is 11.8 Å². The summed E-state index contributed by atoms with van der Waals surface area (Å²) in [6, 6.07) is 9.32. The molecule has 0 spiro atoms. The van der Waals surface area contributed by atoms with Gasteiger partial charge in [-0.2, -0.15) is 5.10 Å². The second kappa shape index (κ2) is 9.12. The molecule has 0 aromatic heterocycles. The number of methoxy groups -OCH3 is 3. The van der Waals surface area contributed by atoms with E-state index < -0.39 is 0 Å². The van der Waals surface area contributed by atoms with Gasteiger partial charge >= 0.3 is 0 Å². The number of carbonyl (C=O) groups is 2. The smallest absolute Gasteiger partial charge is 0.299 e. The molecular weight excluding hydrogens is 430 g/mol. The molecule has 0 saturated heterocycles. The molecule has 1 unspecified atom stereocenters. The summed E-state index contributed by atoms with van der Waals surface area (Å²) in [5, 5.41) is 4.05. The molecule has 0 fully saturated rings. The van der Waals surface area contributed by atoms with E-state index in [2.05, 4.69) is 16.6 Å². The zero-order valence-corrected chi connectivity index (χ0v) is 19.2. The highest BCUT2D eigenvalue weighted by atomic mass is 32.2. The number of hydrazone groups is 1. The van der Waals surface area contributed by atoms with E-state index in [0.717, 1.165) is 35.4 Å². The molecule has 8 nitrogen and oxygen atoms in total. The van der Waals surface area contributed by atoms with Gasteiger partial charge in [-0.3, -0.25) is 9.59 Å². The van der Waals surface area contributed by atoms with E-state index in [1.807, 2.05) is 19.1 Å². The lowest BCUT2D eigenvalue weighted by atomic mass is 9.96. The van der Waals surface area contributed by atoms with Gasteiger partial charge in [0.15, 0.2) is 11.5 Å². The van der Waals surface area contributed by atoms with Crippen molar-refractivity contribution in [3.05, 3.63) is 47.0 Å². The second-order valence-electron chi connectivity index (χ2n) is 7.47. The number of amides is 2. The molecule has 32 heavy (non-hydrogen) atoms. The van der Waals surface area contributed by atoms with E-state index in [1.165, 1.54) is 33.1 Å². The Labute approximate surface area is 190 Å². The molecule has 1 N–H and O–H groups in total. The topological polar surface area (TPSA) is 89.5 Å². The Morgan fingerprint density at radius 1 is 1.12 bits per heavy atom. The van der Waals surface area contributed by atoms with Crippen LogP contribution in [0.1, 0.15) is 34.8 Å². The van der Waals surface area contributed by atoms with E-state index in [4.69, 9.17) is 14.2 Å². The summed E-state index contributed by atoms with van der Waals surface area (Å²) in [5.41, 5.74) is 6.72. The highest BCUT2D eigenvalue weighted by molar-refractivity contribution is 8.14. The van der Waals surface area contributed by atoms with Crippen molar-refractivity contribution in [2.75, 3.05) is 32.8 Å². The molecule has 2 aromatic rings. The number of thioether (sulfide) groups is 1. The number of anilines is 1. The summed E-state index contributed by atoms with van der Waals surface area (Å²) in [6.45, 7) is 2.58. The van der Waals surface area contributed by atoms with Gasteiger partial charge in [0.1, 0.15) is 0 Å². The molecule has 0 radical (unpaired) electrons. The number of nitrogens with zero attached hydrogens (tertiary/aromatic N) is 2. The normalized spacial score (nSPS) is 17.8. The van der Waals surface area contributed by atoms with Crippen molar-refractivity contribution < 1.29 is 23.8 Å². The summed E-state index contributed by atoms with van der Waals surface area (Å²) >= 11 is 1.21. The maximum absolute atomic E-state index is 13.5. The highest BCUT2D eigenvalue weighted by Crippen LogP contribution is 2.39. The van der Waals surface area contributed by atoms with E-state index in [-0.39, 0.29) is 16.4 Å². The highest BCUT2D eigenvalue weighted by Gasteiger charge is 2.28. The molecule has 2 aromatic carbocycles. The minimum atomic E-state index is -0.152. The zero-order chi connectivity index (χ0) is 22.8. The molecule has 168 valence electrons. The molecule has 2 amide bonds. The fraction of sp³-hybridized carbons (Fsp3) is 0.348. The van der Waals surface area contributed by atoms with Gasteiger partial charge < -0.3 is 19.1 Å². The van der Waals surface area contributed by atoms with Gasteiger partial charge in [0.25, 0.3) is 11.1 Å². The molecule has 0 saturated carbocycles. The number of aryl methyl sites for hydroxylation is 1. The Bertz CT molecular complexity index is 1080. The van der Waals surface area contributed by atoms with Crippen molar-refractivity contribution in [2.24, 2.45) is 5.10 Å². The number of hydrogen-bond donors (Lipinski definition) is 1. The van der Waals surface area contributed by atoms with Crippen molar-refractivity contribution in [1.82, 2.24) is 5.43 Å². The van der Waals surface area contributed by atoms with Crippen LogP contribution in [0.2, 0.25) is 0 Å². The maximum atomic E-state index is 13.5. The molecule has 2 heterocycles. The fourth-order valence-corrected chi connectivity index (χ4v) is 4.79. The van der Waals surface area contributed by atoms with Gasteiger partial charge in [-0.05, 0) is 55.2 Å². The first-order valence-electron chi connectivity index (χ1n) is 10.3. The molecule has 2 aliphatic rings. The van der Waals surface area contributed by atoms with Gasteiger partial charge in [0, 0.05) is 17.8 Å². The van der Waals surface area contributed by atoms with Crippen molar-refractivity contribution in [2.45, 2.75) is 25.0 Å². The van der Waals surface area contributed by atoms with Crippen LogP contribution in [0.5, 0.6) is 17.2 Å². The standard InChI is InChI=1S/C23H25N3O5S/c1-13-20(24-25-23(28)32-13)15-7-8-17-14(10-15)6-5-9-26(17)22(27)16-11-18(29-2)21(31-4)19(12-16)30-3/h7-8,10-13H,5-6,9H2,1-4H3,(H,25,28). The molecule has 0 bridgehead atoms. The van der Waals surface area contributed by atoms with Crippen molar-refractivity contribution in [3.8, 4) is 17.2 Å². The maximum Gasteiger partial charge on any atom is 0.299 e. The van der Waals surface area contributed by atoms with Gasteiger partial charge in [0.05, 0.1) is 32.3 Å². The number of carbonyl (C=O) groups excluding carboxylic acids is 2. The van der Waals surface area contributed by atoms with Gasteiger partial charge in [-0.15, -0.1) is 0 Å². The lowest BCUT2D eigenvalue weighted by Gasteiger charge is -2.30. The zero-order valence-electron chi connectivity index (χ0n) is 18.4. The molecule has 1 atom stereocenters. The molecule has 0 aliphatic carbocycles. The number of nitrogens with one attached hydrogen (secondary N) is 1. The summed E-state index contributed by atoms with van der Waals surface area (Å²) in [7, 11) is 4.58.